The molecule has 10 heteroatoms. The molecular formula is C5H5N5O4S. The summed E-state index contributed by atoms with van der Waals surface area (Å²) in [6, 6.07) is 0. The third-order valence-electron chi connectivity index (χ3n) is 1.48. The van der Waals surface area contributed by atoms with Crippen molar-refractivity contribution < 1.29 is 8.42 Å². The van der Waals surface area contributed by atoms with Gasteiger partial charge in [0.05, 0.1) is 0 Å². The summed E-state index contributed by atoms with van der Waals surface area (Å²) < 4.78 is 24.9. The molecule has 0 bridgehead atoms. The van der Waals surface area contributed by atoms with E-state index in [1.54, 1.807) is 4.98 Å². The Hall–Kier alpha value is -2.06. The Kier molecular flexibility index (Phi) is 2.64. The van der Waals surface area contributed by atoms with Gasteiger partial charge in [0.15, 0.2) is 4.90 Å². The van der Waals surface area contributed by atoms with Gasteiger partial charge in [0, 0.05) is 15.1 Å². The first kappa shape index (κ1) is 11.0. The third-order valence-corrected chi connectivity index (χ3v) is 2.77. The van der Waals surface area contributed by atoms with Crippen LogP contribution in [0.15, 0.2) is 19.0 Å². The minimum absolute atomic E-state index is 0.184. The van der Waals surface area contributed by atoms with E-state index < -0.39 is 26.2 Å². The molecule has 0 aromatic carbocycles. The van der Waals surface area contributed by atoms with Gasteiger partial charge >= 0.3 is 5.69 Å². The summed E-state index contributed by atoms with van der Waals surface area (Å²) in [4.78, 5) is 27.0. The second-order valence-electron chi connectivity index (χ2n) is 2.51. The Morgan fingerprint density at radius 3 is 2.40 bits per heavy atom. The molecule has 0 aliphatic heterocycles. The molecule has 0 radical (unpaired) electrons. The Bertz CT molecular complexity index is 647. The molecular weight excluding hydrogens is 226 g/mol. The zero-order valence-corrected chi connectivity index (χ0v) is 8.20. The van der Waals surface area contributed by atoms with Crippen LogP contribution in [0, 0.1) is 6.92 Å². The lowest BCUT2D eigenvalue weighted by molar-refractivity contribution is 0.594. The smallest absolute Gasteiger partial charge is 0.310 e. The van der Waals surface area contributed by atoms with Crippen LogP contribution in [-0.2, 0) is 10.0 Å². The van der Waals surface area contributed by atoms with E-state index in [-0.39, 0.29) is 5.69 Å². The number of aromatic nitrogens is 2. The van der Waals surface area contributed by atoms with Crippen LogP contribution in [0.1, 0.15) is 5.69 Å². The summed E-state index contributed by atoms with van der Waals surface area (Å²) in [7, 11) is -4.39. The summed E-state index contributed by atoms with van der Waals surface area (Å²) in [5, 5.41) is 0. The second kappa shape index (κ2) is 3.59. The lowest BCUT2D eigenvalue weighted by atomic mass is 10.4. The van der Waals surface area contributed by atoms with Gasteiger partial charge in [-0.3, -0.25) is 9.78 Å². The minimum atomic E-state index is -4.39. The van der Waals surface area contributed by atoms with Gasteiger partial charge in [-0.05, 0) is 12.5 Å². The van der Waals surface area contributed by atoms with Crippen molar-refractivity contribution in [3.05, 3.63) is 37.0 Å². The molecule has 1 heterocycles. The largest absolute Gasteiger partial charge is 0.325 e. The first-order chi connectivity index (χ1) is 6.88. The first-order valence-corrected chi connectivity index (χ1v) is 4.97. The first-order valence-electron chi connectivity index (χ1n) is 3.53. The van der Waals surface area contributed by atoms with Crippen LogP contribution >= 0.6 is 0 Å². The number of nitrogens with one attached hydrogen (secondary N) is 2. The van der Waals surface area contributed by atoms with E-state index in [1.165, 1.54) is 6.92 Å². The summed E-state index contributed by atoms with van der Waals surface area (Å²) in [5.41, 5.74) is 5.85. The van der Waals surface area contributed by atoms with Crippen molar-refractivity contribution in [1.82, 2.24) is 9.97 Å². The summed E-state index contributed by atoms with van der Waals surface area (Å²) in [5.74, 6) is 0. The number of sulfonamides is 1. The predicted molar refractivity (Wildman–Crippen MR) is 48.8 cm³/mol. The highest BCUT2D eigenvalue weighted by Gasteiger charge is 2.20. The maximum Gasteiger partial charge on any atom is 0.325 e. The molecule has 0 unspecified atom stereocenters. The van der Waals surface area contributed by atoms with Crippen LogP contribution in [0.5, 0.6) is 0 Å². The molecule has 2 N–H and O–H groups in total. The molecule has 0 atom stereocenters. The van der Waals surface area contributed by atoms with Gasteiger partial charge in [-0.1, -0.05) is 0 Å². The van der Waals surface area contributed by atoms with Crippen LogP contribution in [0.4, 0.5) is 0 Å². The lowest BCUT2D eigenvalue weighted by Gasteiger charge is -1.99. The molecule has 80 valence electrons. The average molecular weight is 231 g/mol. The molecule has 0 saturated heterocycles. The molecule has 15 heavy (non-hydrogen) atoms. The van der Waals surface area contributed by atoms with Crippen molar-refractivity contribution in [2.45, 2.75) is 11.8 Å². The van der Waals surface area contributed by atoms with E-state index in [4.69, 9.17) is 5.53 Å². The number of H-pyrrole nitrogens is 2. The maximum atomic E-state index is 11.2. The second-order valence-corrected chi connectivity index (χ2v) is 4.03. The molecule has 1 rings (SSSR count). The Labute approximate surface area is 82.5 Å². The van der Waals surface area contributed by atoms with E-state index in [2.05, 4.69) is 14.4 Å². The van der Waals surface area contributed by atoms with Crippen molar-refractivity contribution in [2.24, 2.45) is 4.52 Å². The molecule has 1 aromatic rings. The molecule has 9 nitrogen and oxygen atoms in total. The van der Waals surface area contributed by atoms with Crippen molar-refractivity contribution in [2.75, 3.05) is 0 Å². The minimum Gasteiger partial charge on any atom is -0.310 e. The molecule has 0 fully saturated rings. The van der Waals surface area contributed by atoms with E-state index >= 15 is 0 Å². The molecule has 0 amide bonds. The lowest BCUT2D eigenvalue weighted by Crippen LogP contribution is -2.28. The molecule has 0 saturated carbocycles. The quantitative estimate of drug-likeness (QED) is 0.395. The molecule has 0 aliphatic rings. The van der Waals surface area contributed by atoms with Crippen molar-refractivity contribution >= 4 is 10.0 Å². The Morgan fingerprint density at radius 2 is 1.93 bits per heavy atom. The van der Waals surface area contributed by atoms with E-state index in [0.29, 0.717) is 0 Å². The fourth-order valence-corrected chi connectivity index (χ4v) is 1.89. The number of hydrogen-bond donors (Lipinski definition) is 2. The van der Waals surface area contributed by atoms with Crippen LogP contribution in [0.3, 0.4) is 0 Å². The van der Waals surface area contributed by atoms with Gasteiger partial charge in [-0.15, -0.1) is 0 Å². The Balaban J connectivity index is 3.75. The number of azide groups is 1. The van der Waals surface area contributed by atoms with Gasteiger partial charge < -0.3 is 4.98 Å². The Morgan fingerprint density at radius 1 is 1.33 bits per heavy atom. The summed E-state index contributed by atoms with van der Waals surface area (Å²) >= 11 is 0. The number of rotatable bonds is 2. The highest BCUT2D eigenvalue weighted by atomic mass is 32.2. The van der Waals surface area contributed by atoms with Gasteiger partial charge in [0.2, 0.25) is 0 Å². The van der Waals surface area contributed by atoms with Gasteiger partial charge in [-0.2, -0.15) is 0 Å². The topological polar surface area (TPSA) is 149 Å². The third kappa shape index (κ3) is 2.06. The van der Waals surface area contributed by atoms with Crippen LogP contribution in [-0.4, -0.2) is 18.4 Å². The van der Waals surface area contributed by atoms with Crippen molar-refractivity contribution in [3.63, 3.8) is 0 Å². The molecule has 0 spiro atoms. The number of aryl methyl sites for hydroxylation is 1. The van der Waals surface area contributed by atoms with Gasteiger partial charge in [0.25, 0.3) is 15.6 Å². The molecule has 1 aromatic heterocycles. The number of nitrogens with zero attached hydrogens (tertiary/aromatic N) is 3. The zero-order chi connectivity index (χ0) is 11.6. The fourth-order valence-electron chi connectivity index (χ4n) is 0.988. The van der Waals surface area contributed by atoms with Crippen molar-refractivity contribution in [3.8, 4) is 0 Å². The van der Waals surface area contributed by atoms with E-state index in [9.17, 15) is 18.0 Å². The standard InChI is InChI=1S/C5H5N5O4S/c1-2-3(15(13,14)10-9-6)4(11)8-5(12)7-2/h1H3,(H2,7,8,11,12). The van der Waals surface area contributed by atoms with E-state index in [0.717, 1.165) is 0 Å². The predicted octanol–water partition coefficient (Wildman–Crippen LogP) is -0.629. The number of aromatic amines is 2. The van der Waals surface area contributed by atoms with Crippen LogP contribution < -0.4 is 11.2 Å². The normalized spacial score (nSPS) is 10.7. The fraction of sp³-hybridized carbons (Fsp3) is 0.200. The highest BCUT2D eigenvalue weighted by Crippen LogP contribution is 2.08. The van der Waals surface area contributed by atoms with E-state index in [1.807, 2.05) is 0 Å². The molecule has 0 aliphatic carbocycles. The zero-order valence-electron chi connectivity index (χ0n) is 7.38. The average Bonchev–Trinajstić information content (AvgIpc) is 1.99. The van der Waals surface area contributed by atoms with Crippen molar-refractivity contribution in [1.29, 1.82) is 0 Å². The summed E-state index contributed by atoms with van der Waals surface area (Å²) in [6.45, 7) is 1.20. The number of hydrogen-bond acceptors (Lipinski definition) is 4. The van der Waals surface area contributed by atoms with Crippen LogP contribution in [0.25, 0.3) is 10.4 Å². The monoisotopic (exact) mass is 231 g/mol. The van der Waals surface area contributed by atoms with Crippen LogP contribution in [0.2, 0.25) is 0 Å². The highest BCUT2D eigenvalue weighted by molar-refractivity contribution is 7.90. The van der Waals surface area contributed by atoms with Gasteiger partial charge in [-0.25, -0.2) is 13.2 Å². The SMILES string of the molecule is Cc1[nH]c(=O)[nH]c(=O)c1S(=O)(=O)N=[N+]=[N-]. The maximum absolute atomic E-state index is 11.2. The van der Waals surface area contributed by atoms with Gasteiger partial charge in [0.1, 0.15) is 0 Å². The summed E-state index contributed by atoms with van der Waals surface area (Å²) in [6.07, 6.45) is 0.